The number of hydrogen-bond acceptors (Lipinski definition) is 12. The normalized spacial score (nSPS) is 16.4. The summed E-state index contributed by atoms with van der Waals surface area (Å²) in [4.78, 5) is 71.4. The second-order valence-electron chi connectivity index (χ2n) is 1.99. The van der Waals surface area contributed by atoms with Crippen molar-refractivity contribution in [3.63, 3.8) is 0 Å². The van der Waals surface area contributed by atoms with Crippen molar-refractivity contribution in [3.05, 3.63) is 0 Å². The molecule has 0 bridgehead atoms. The molecule has 2 N–H and O–H groups in total. The minimum absolute atomic E-state index is 0. The van der Waals surface area contributed by atoms with Gasteiger partial charge in [0.2, 0.25) is 0 Å². The van der Waals surface area contributed by atoms with Crippen LogP contribution in [0.25, 0.3) is 0 Å². The monoisotopic (exact) mass is 614 g/mol. The van der Waals surface area contributed by atoms with E-state index in [2.05, 4.69) is 8.62 Å². The zero-order chi connectivity index (χ0) is 15.4. The van der Waals surface area contributed by atoms with Gasteiger partial charge in [-0.05, 0) is 0 Å². The molecule has 0 aliphatic carbocycles. The van der Waals surface area contributed by atoms with Crippen molar-refractivity contribution in [1.82, 2.24) is 0 Å². The Morgan fingerprint density at radius 2 is 0.714 bits per heavy atom. The average molecular weight is 613 g/mol. The third-order valence-corrected chi connectivity index (χ3v) is 3.66. The SMILES string of the molecule is O=P([O-])([O-])OP(=O)([O-])O.O=P([O-])([O-])OP(=O)([O-])O.[Sr+2].[Sr+2].[Sr+2]. The summed E-state index contributed by atoms with van der Waals surface area (Å²) in [6.07, 6.45) is 0. The Morgan fingerprint density at radius 1 is 0.571 bits per heavy atom. The van der Waals surface area contributed by atoms with Gasteiger partial charge in [0.05, 0.1) is 15.6 Å². The molecule has 0 saturated carbocycles. The van der Waals surface area contributed by atoms with Gasteiger partial charge in [-0.2, -0.15) is 0 Å². The first kappa shape index (κ1) is 36.8. The molecule has 0 heterocycles. The fourth-order valence-corrected chi connectivity index (χ4v) is 2.27. The van der Waals surface area contributed by atoms with Gasteiger partial charge in [-0.3, -0.25) is 17.8 Å². The summed E-state index contributed by atoms with van der Waals surface area (Å²) in [5.41, 5.74) is 0. The molecule has 0 fully saturated rings. The summed E-state index contributed by atoms with van der Waals surface area (Å²) < 4.78 is 42.9. The molecule has 112 valence electrons. The Bertz CT molecular complexity index is 349. The summed E-state index contributed by atoms with van der Waals surface area (Å²) in [7, 11) is -22.1. The molecule has 0 saturated heterocycles. The molecule has 21 heavy (non-hydrogen) atoms. The molecule has 0 aromatic carbocycles. The summed E-state index contributed by atoms with van der Waals surface area (Å²) in [5, 5.41) is 0. The summed E-state index contributed by atoms with van der Waals surface area (Å²) in [6, 6.07) is 0. The molecule has 0 spiro atoms. The molecule has 14 nitrogen and oxygen atoms in total. The van der Waals surface area contributed by atoms with Crippen molar-refractivity contribution >= 4 is 168 Å². The first-order valence-corrected chi connectivity index (χ1v) is 8.87. The second kappa shape index (κ2) is 15.0. The van der Waals surface area contributed by atoms with Crippen LogP contribution in [0.1, 0.15) is 0 Å². The first-order chi connectivity index (χ1) is 7.41. The second-order valence-corrected chi connectivity index (χ2v) is 6.96. The van der Waals surface area contributed by atoms with E-state index in [0.29, 0.717) is 0 Å². The van der Waals surface area contributed by atoms with Crippen molar-refractivity contribution < 1.29 is 66.0 Å². The van der Waals surface area contributed by atoms with Crippen molar-refractivity contribution in [2.45, 2.75) is 0 Å². The Kier molecular flexibility index (Phi) is 26.2. The summed E-state index contributed by atoms with van der Waals surface area (Å²) in [6.45, 7) is 0. The van der Waals surface area contributed by atoms with Gasteiger partial charge in [-0.1, -0.05) is 0 Å². The van der Waals surface area contributed by atoms with E-state index in [4.69, 9.17) is 9.79 Å². The molecular formula is H2O14P4Sr3. The fourth-order valence-electron chi connectivity index (χ4n) is 0.253. The largest absolute Gasteiger partial charge is 2.00 e. The molecular weight excluding hydrogens is 611 g/mol. The van der Waals surface area contributed by atoms with Crippen molar-refractivity contribution in [1.29, 1.82) is 0 Å². The van der Waals surface area contributed by atoms with Gasteiger partial charge in [0.15, 0.2) is 0 Å². The quantitative estimate of drug-likeness (QED) is 0.221. The van der Waals surface area contributed by atoms with E-state index >= 15 is 0 Å². The molecule has 2 atom stereocenters. The van der Waals surface area contributed by atoms with Crippen LogP contribution in [-0.4, -0.2) is 146 Å². The van der Waals surface area contributed by atoms with Gasteiger partial charge in [-0.25, -0.2) is 0 Å². The Hall–Kier alpha value is 4.96. The van der Waals surface area contributed by atoms with E-state index in [1.165, 1.54) is 0 Å². The Morgan fingerprint density at radius 3 is 0.714 bits per heavy atom. The molecule has 2 unspecified atom stereocenters. The maximum Gasteiger partial charge on any atom is 2.00 e. The summed E-state index contributed by atoms with van der Waals surface area (Å²) in [5.74, 6) is 0. The molecule has 0 rings (SSSR count). The van der Waals surface area contributed by atoms with Gasteiger partial charge in [0.25, 0.3) is 15.6 Å². The molecule has 0 aliphatic heterocycles. The van der Waals surface area contributed by atoms with Crippen LogP contribution in [0.4, 0.5) is 0 Å². The third kappa shape index (κ3) is 45.7. The number of hydrogen-bond donors (Lipinski definition) is 2. The van der Waals surface area contributed by atoms with Crippen LogP contribution < -0.4 is 29.4 Å². The smallest absolute Gasteiger partial charge is 0.790 e. The molecule has 0 aliphatic rings. The zero-order valence-corrected chi connectivity index (χ0v) is 23.7. The van der Waals surface area contributed by atoms with Crippen molar-refractivity contribution in [2.75, 3.05) is 0 Å². The third-order valence-electron chi connectivity index (χ3n) is 0.406. The maximum absolute atomic E-state index is 9.44. The van der Waals surface area contributed by atoms with Crippen molar-refractivity contribution in [2.24, 2.45) is 0 Å². The zero-order valence-electron chi connectivity index (χ0n) is 9.70. The minimum atomic E-state index is -5.61. The minimum Gasteiger partial charge on any atom is -0.790 e. The molecule has 0 radical (unpaired) electrons. The Labute approximate surface area is 228 Å². The van der Waals surface area contributed by atoms with Crippen LogP contribution in [0.3, 0.4) is 0 Å². The predicted octanol–water partition coefficient (Wildman–Crippen LogP) is -6.56. The van der Waals surface area contributed by atoms with Crippen LogP contribution in [0, 0.1) is 0 Å². The maximum atomic E-state index is 9.44. The number of phosphoric acid groups is 4. The molecule has 0 aromatic rings. The van der Waals surface area contributed by atoms with Crippen LogP contribution in [0.2, 0.25) is 0 Å². The first-order valence-electron chi connectivity index (χ1n) is 2.96. The van der Waals surface area contributed by atoms with E-state index in [0.717, 1.165) is 0 Å². The van der Waals surface area contributed by atoms with Crippen LogP contribution in [0.5, 0.6) is 0 Å². The van der Waals surface area contributed by atoms with E-state index in [9.17, 15) is 47.6 Å². The molecule has 0 amide bonds. The van der Waals surface area contributed by atoms with Gasteiger partial charge < -0.3 is 48.3 Å². The summed E-state index contributed by atoms with van der Waals surface area (Å²) >= 11 is 0. The molecule has 21 heteroatoms. The topological polar surface area (TPSA) is 266 Å². The van der Waals surface area contributed by atoms with Crippen LogP contribution in [-0.2, 0) is 26.9 Å². The van der Waals surface area contributed by atoms with Crippen LogP contribution >= 0.6 is 31.3 Å². The predicted molar refractivity (Wildman–Crippen MR) is 54.3 cm³/mol. The van der Waals surface area contributed by atoms with E-state index in [1.54, 1.807) is 0 Å². The van der Waals surface area contributed by atoms with Crippen molar-refractivity contribution in [3.8, 4) is 0 Å². The van der Waals surface area contributed by atoms with E-state index in [-0.39, 0.29) is 136 Å². The van der Waals surface area contributed by atoms with Gasteiger partial charge in [0, 0.05) is 0 Å². The molecule has 0 aromatic heterocycles. The van der Waals surface area contributed by atoms with E-state index < -0.39 is 31.3 Å². The fraction of sp³-hybridized carbons (Fsp3) is 0. The Balaban J connectivity index is -0.0000000711. The van der Waals surface area contributed by atoms with Crippen LogP contribution in [0.15, 0.2) is 0 Å². The van der Waals surface area contributed by atoms with Gasteiger partial charge >= 0.3 is 136 Å². The number of rotatable bonds is 4. The van der Waals surface area contributed by atoms with Gasteiger partial charge in [-0.15, -0.1) is 0 Å². The van der Waals surface area contributed by atoms with E-state index in [1.807, 2.05) is 0 Å². The average Bonchev–Trinajstić information content (AvgIpc) is 1.64. The van der Waals surface area contributed by atoms with Gasteiger partial charge in [0.1, 0.15) is 0 Å². The standard InChI is InChI=1S/2H4O7P2.3Sr/c2*1-8(2,3)7-9(4,5)6;;;/h2*(H2,1,2,3)(H2,4,5,6);;;/q;;3*+2/p-6.